The highest BCUT2D eigenvalue weighted by Gasteiger charge is 2.65. The van der Waals surface area contributed by atoms with Crippen molar-refractivity contribution in [3.8, 4) is 0 Å². The van der Waals surface area contributed by atoms with E-state index in [4.69, 9.17) is 16.5 Å². The summed E-state index contributed by atoms with van der Waals surface area (Å²) in [5.74, 6) is -6.54. The van der Waals surface area contributed by atoms with E-state index in [0.717, 1.165) is 42.3 Å². The molecule has 17 heteroatoms. The third-order valence-electron chi connectivity index (χ3n) is 7.28. The van der Waals surface area contributed by atoms with Gasteiger partial charge in [0.15, 0.2) is 6.86 Å². The second kappa shape index (κ2) is 14.3. The average Bonchev–Trinajstić information content (AvgIpc) is 2.79. The molecule has 1 saturated heterocycles. The third kappa shape index (κ3) is 9.83. The van der Waals surface area contributed by atoms with Crippen molar-refractivity contribution in [1.82, 2.24) is 4.90 Å². The first-order chi connectivity index (χ1) is 17.5. The molecular weight excluding hydrogens is 598 g/mol. The number of alkyl halides is 5. The van der Waals surface area contributed by atoms with E-state index >= 15 is 0 Å². The van der Waals surface area contributed by atoms with Crippen molar-refractivity contribution < 1.29 is 47.9 Å². The van der Waals surface area contributed by atoms with Crippen LogP contribution < -0.4 is 0 Å². The molecule has 0 aromatic carbocycles. The molecule has 2 fully saturated rings. The maximum atomic E-state index is 14.9. The van der Waals surface area contributed by atoms with Gasteiger partial charge in [-0.25, -0.2) is 4.39 Å². The van der Waals surface area contributed by atoms with Gasteiger partial charge in [0.1, 0.15) is 0 Å². The second-order valence-electron chi connectivity index (χ2n) is 11.2. The molecule has 7 nitrogen and oxygen atoms in total. The molecule has 1 heterocycles. The molecule has 224 valence electrons. The first-order valence-electron chi connectivity index (χ1n) is 13.4. The van der Waals surface area contributed by atoms with Crippen molar-refractivity contribution in [3.05, 3.63) is 0 Å². The summed E-state index contributed by atoms with van der Waals surface area (Å²) in [6.07, 6.45) is -1.88. The SMILES string of the molecule is C[SiH]1O[SiH](C)O[Si](C)(CC[Si](C)(C)CCCN(C(=O)C(F)(OCF)C(F)(F)F)C2CCCCC2)O[SiH](C)O1. The number of hydrogen-bond donors (Lipinski definition) is 0. The monoisotopic (exact) mass is 641 g/mol. The zero-order valence-electron chi connectivity index (χ0n) is 23.4. The van der Waals surface area contributed by atoms with Crippen LogP contribution >= 0.6 is 0 Å². The van der Waals surface area contributed by atoms with Crippen LogP contribution in [-0.4, -0.2) is 86.8 Å². The van der Waals surface area contributed by atoms with Gasteiger partial charge < -0.3 is 21.4 Å². The van der Waals surface area contributed by atoms with Gasteiger partial charge >= 0.3 is 20.6 Å². The van der Waals surface area contributed by atoms with Gasteiger partial charge in [-0.1, -0.05) is 44.4 Å². The van der Waals surface area contributed by atoms with E-state index in [1.54, 1.807) is 0 Å². The molecule has 1 amide bonds. The first kappa shape index (κ1) is 34.2. The van der Waals surface area contributed by atoms with Gasteiger partial charge in [0, 0.05) is 20.7 Å². The Balaban J connectivity index is 2.05. The summed E-state index contributed by atoms with van der Waals surface area (Å²) in [4.78, 5) is 13.8. The smallest absolute Gasteiger partial charge is 0.420 e. The van der Waals surface area contributed by atoms with Crippen LogP contribution in [0.1, 0.15) is 38.5 Å². The van der Waals surface area contributed by atoms with E-state index in [1.165, 1.54) is 0 Å². The summed E-state index contributed by atoms with van der Waals surface area (Å²) in [5.41, 5.74) is 0. The van der Waals surface area contributed by atoms with E-state index in [2.05, 4.69) is 17.8 Å². The zero-order chi connectivity index (χ0) is 28.8. The molecule has 0 radical (unpaired) electrons. The molecule has 0 spiro atoms. The first-order valence-corrected chi connectivity index (χ1v) is 25.7. The van der Waals surface area contributed by atoms with E-state index < -0.39 is 75.3 Å². The number of rotatable bonds is 11. The second-order valence-corrected chi connectivity index (χ2v) is 26.8. The van der Waals surface area contributed by atoms with E-state index in [0.29, 0.717) is 19.3 Å². The minimum atomic E-state index is -5.68. The standard InChI is InChI=1S/C21H44F5NO6Si5/c1-34-30-35(2)32-38(6,33-36(3)31-34)16-15-37(4,5)14-10-13-27(18-11-8-7-9-12-18)19(28)20(23,29-17-22)21(24,25)26/h18,34-36H,7-17H2,1-6H3. The molecule has 1 saturated carbocycles. The van der Waals surface area contributed by atoms with Gasteiger partial charge in [0.2, 0.25) is 0 Å². The normalized spacial score (nSPS) is 29.8. The third-order valence-corrected chi connectivity index (χ3v) is 25.0. The maximum absolute atomic E-state index is 14.9. The van der Waals surface area contributed by atoms with Gasteiger partial charge in [-0.2, -0.15) is 17.6 Å². The summed E-state index contributed by atoms with van der Waals surface area (Å²) >= 11 is 0. The number of nitrogens with zero attached hydrogens (tertiary/aromatic N) is 1. The predicted molar refractivity (Wildman–Crippen MR) is 147 cm³/mol. The lowest BCUT2D eigenvalue weighted by Gasteiger charge is -2.39. The van der Waals surface area contributed by atoms with Crippen LogP contribution in [-0.2, 0) is 26.0 Å². The molecular formula is C21H44F5NO6Si5. The Labute approximate surface area is 230 Å². The van der Waals surface area contributed by atoms with Gasteiger partial charge in [0.05, 0.1) is 0 Å². The van der Waals surface area contributed by atoms with Gasteiger partial charge in [-0.15, -0.1) is 0 Å². The van der Waals surface area contributed by atoms with Gasteiger partial charge in [0.25, 0.3) is 33.8 Å². The lowest BCUT2D eigenvalue weighted by Crippen LogP contribution is -2.59. The topological polar surface area (TPSA) is 66.5 Å². The van der Waals surface area contributed by atoms with Crippen LogP contribution in [0.25, 0.3) is 0 Å². The van der Waals surface area contributed by atoms with E-state index in [1.807, 2.05) is 26.2 Å². The molecule has 3 atom stereocenters. The van der Waals surface area contributed by atoms with E-state index in [-0.39, 0.29) is 6.54 Å². The molecule has 0 aromatic rings. The highest BCUT2D eigenvalue weighted by molar-refractivity contribution is 6.83. The van der Waals surface area contributed by atoms with Crippen molar-refractivity contribution in [2.24, 2.45) is 0 Å². The molecule has 2 aliphatic rings. The quantitative estimate of drug-likeness (QED) is 0.231. The van der Waals surface area contributed by atoms with Crippen molar-refractivity contribution in [2.45, 2.75) is 114 Å². The molecule has 3 unspecified atom stereocenters. The Kier molecular flexibility index (Phi) is 12.8. The summed E-state index contributed by atoms with van der Waals surface area (Å²) < 4.78 is 96.5. The highest BCUT2D eigenvalue weighted by Crippen LogP contribution is 2.39. The minimum Gasteiger partial charge on any atom is -0.420 e. The number of carbonyl (C=O) groups excluding carboxylic acids is 1. The van der Waals surface area contributed by atoms with Crippen molar-refractivity contribution in [1.29, 1.82) is 0 Å². The van der Waals surface area contributed by atoms with Crippen LogP contribution in [0.15, 0.2) is 0 Å². The Bertz CT molecular complexity index is 752. The van der Waals surface area contributed by atoms with Crippen LogP contribution in [0.4, 0.5) is 22.0 Å². The van der Waals surface area contributed by atoms with E-state index in [9.17, 15) is 26.7 Å². The summed E-state index contributed by atoms with van der Waals surface area (Å²) in [5, 5.41) is 0. The molecule has 2 rings (SSSR count). The lowest BCUT2D eigenvalue weighted by atomic mass is 9.93. The predicted octanol–water partition coefficient (Wildman–Crippen LogP) is 5.12. The Morgan fingerprint density at radius 3 is 2.05 bits per heavy atom. The average molecular weight is 642 g/mol. The van der Waals surface area contributed by atoms with Crippen molar-refractivity contribution in [3.63, 3.8) is 0 Å². The maximum Gasteiger partial charge on any atom is 0.458 e. The molecule has 0 bridgehead atoms. The molecule has 0 aromatic heterocycles. The molecule has 1 aliphatic carbocycles. The number of hydrogen-bond acceptors (Lipinski definition) is 6. The lowest BCUT2D eigenvalue weighted by molar-refractivity contribution is -0.327. The molecule has 38 heavy (non-hydrogen) atoms. The van der Waals surface area contributed by atoms with Crippen LogP contribution in [0, 0.1) is 0 Å². The number of ether oxygens (including phenoxy) is 1. The zero-order valence-corrected chi connectivity index (χ0v) is 28.8. The fourth-order valence-electron chi connectivity index (χ4n) is 5.26. The van der Waals surface area contributed by atoms with Crippen molar-refractivity contribution in [2.75, 3.05) is 13.4 Å². The summed E-state index contributed by atoms with van der Waals surface area (Å²) in [6, 6.07) is 1.85. The van der Waals surface area contributed by atoms with Crippen LogP contribution in [0.5, 0.6) is 0 Å². The molecule has 0 N–H and O–H groups in total. The summed E-state index contributed by atoms with van der Waals surface area (Å²) in [6.45, 7) is 10.3. The van der Waals surface area contributed by atoms with Gasteiger partial charge in [-0.3, -0.25) is 9.53 Å². The van der Waals surface area contributed by atoms with Crippen LogP contribution in [0.2, 0.25) is 57.4 Å². The number of amides is 1. The molecule has 1 aliphatic heterocycles. The number of halogens is 5. The largest absolute Gasteiger partial charge is 0.458 e. The Hall–Kier alpha value is 0.00442. The minimum absolute atomic E-state index is 0.0306. The fourth-order valence-corrected chi connectivity index (χ4v) is 25.0. The Morgan fingerprint density at radius 2 is 1.55 bits per heavy atom. The van der Waals surface area contributed by atoms with Crippen molar-refractivity contribution >= 4 is 50.4 Å². The fraction of sp³-hybridized carbons (Fsp3) is 0.952. The van der Waals surface area contributed by atoms with Crippen LogP contribution in [0.3, 0.4) is 0 Å². The summed E-state index contributed by atoms with van der Waals surface area (Å²) in [7, 11) is -9.84. The number of carbonyl (C=O) groups is 1. The Morgan fingerprint density at radius 1 is 1.00 bits per heavy atom. The highest BCUT2D eigenvalue weighted by atomic mass is 28.5. The van der Waals surface area contributed by atoms with Gasteiger partial charge in [-0.05, 0) is 51.5 Å².